The second kappa shape index (κ2) is 3.76. The van der Waals surface area contributed by atoms with Gasteiger partial charge in [-0.15, -0.1) is 0 Å². The van der Waals surface area contributed by atoms with Gasteiger partial charge in [0.1, 0.15) is 5.75 Å². The first-order valence-corrected chi connectivity index (χ1v) is 3.36. The predicted octanol–water partition coefficient (Wildman–Crippen LogP) is 1.32. The zero-order valence-electron chi connectivity index (χ0n) is 9.28. The Kier molecular flexibility index (Phi) is 1.63. The van der Waals surface area contributed by atoms with Crippen LogP contribution in [0.4, 0.5) is 0 Å². The molecule has 1 aromatic carbocycles. The number of hydrogen-bond acceptors (Lipinski definition) is 2. The second-order valence-electron chi connectivity index (χ2n) is 2.32. The van der Waals surface area contributed by atoms with E-state index in [-0.39, 0.29) is 12.2 Å². The number of methoxy groups -OCH3 is 1. The van der Waals surface area contributed by atoms with Crippen LogP contribution in [0.2, 0.25) is 0 Å². The van der Waals surface area contributed by atoms with Gasteiger partial charge in [0.2, 0.25) is 0 Å². The van der Waals surface area contributed by atoms with E-state index in [2.05, 4.69) is 4.74 Å². The molecule has 12 heavy (non-hydrogen) atoms. The molecule has 0 unspecified atom stereocenters. The minimum absolute atomic E-state index is 0.0892. The largest absolute Gasteiger partial charge is 0.497 e. The topological polar surface area (TPSA) is 46.5 Å². The SMILES string of the molecule is [2H]C([2H])([2H])Oc1ccc(CC(=O)O)cc1. The van der Waals surface area contributed by atoms with Gasteiger partial charge >= 0.3 is 5.97 Å². The van der Waals surface area contributed by atoms with E-state index in [0.29, 0.717) is 5.56 Å². The number of hydrogen-bond donors (Lipinski definition) is 1. The molecule has 0 atom stereocenters. The van der Waals surface area contributed by atoms with Crippen molar-refractivity contribution in [2.75, 3.05) is 7.04 Å². The van der Waals surface area contributed by atoms with Crippen molar-refractivity contribution in [3.63, 3.8) is 0 Å². The van der Waals surface area contributed by atoms with Crippen LogP contribution in [0, 0.1) is 0 Å². The number of ether oxygens (including phenoxy) is 1. The summed E-state index contributed by atoms with van der Waals surface area (Å²) in [6.45, 7) is 0. The van der Waals surface area contributed by atoms with E-state index in [1.165, 1.54) is 24.3 Å². The number of carboxylic acid groups (broad SMARTS) is 1. The maximum atomic E-state index is 10.4. The highest BCUT2D eigenvalue weighted by Gasteiger charge is 1.99. The molecule has 0 aliphatic carbocycles. The van der Waals surface area contributed by atoms with Gasteiger partial charge in [-0.05, 0) is 17.7 Å². The average Bonchev–Trinajstić information content (AvgIpc) is 2.05. The van der Waals surface area contributed by atoms with Crippen LogP contribution < -0.4 is 4.74 Å². The summed E-state index contributed by atoms with van der Waals surface area (Å²) in [4.78, 5) is 10.4. The fourth-order valence-electron chi connectivity index (χ4n) is 0.850. The molecule has 0 aromatic heterocycles. The van der Waals surface area contributed by atoms with Gasteiger partial charge < -0.3 is 9.84 Å². The predicted molar refractivity (Wildman–Crippen MR) is 44.3 cm³/mol. The highest BCUT2D eigenvalue weighted by molar-refractivity contribution is 5.70. The summed E-state index contributed by atoms with van der Waals surface area (Å²) >= 11 is 0. The fourth-order valence-corrected chi connectivity index (χ4v) is 0.850. The van der Waals surface area contributed by atoms with E-state index < -0.39 is 13.0 Å². The molecule has 0 heterocycles. The van der Waals surface area contributed by atoms with E-state index in [1.54, 1.807) is 0 Å². The van der Waals surface area contributed by atoms with Crippen molar-refractivity contribution < 1.29 is 18.8 Å². The van der Waals surface area contributed by atoms with Crippen molar-refractivity contribution in [1.29, 1.82) is 0 Å². The Bertz CT molecular complexity index is 343. The van der Waals surface area contributed by atoms with Crippen LogP contribution in [0.5, 0.6) is 5.75 Å². The summed E-state index contributed by atoms with van der Waals surface area (Å²) in [5.41, 5.74) is 0.598. The number of benzene rings is 1. The third-order valence-corrected chi connectivity index (χ3v) is 1.40. The maximum absolute atomic E-state index is 10.4. The van der Waals surface area contributed by atoms with Gasteiger partial charge in [0.25, 0.3) is 0 Å². The first-order valence-electron chi connectivity index (χ1n) is 4.86. The van der Waals surface area contributed by atoms with Gasteiger partial charge in [-0.3, -0.25) is 4.79 Å². The molecule has 64 valence electrons. The van der Waals surface area contributed by atoms with Crippen molar-refractivity contribution >= 4 is 5.97 Å². The maximum Gasteiger partial charge on any atom is 0.307 e. The third kappa shape index (κ3) is 2.27. The lowest BCUT2D eigenvalue weighted by atomic mass is 10.1. The van der Waals surface area contributed by atoms with Crippen LogP contribution in [0.3, 0.4) is 0 Å². The number of carboxylic acids is 1. The molecule has 0 amide bonds. The lowest BCUT2D eigenvalue weighted by Crippen LogP contribution is -1.99. The van der Waals surface area contributed by atoms with Crippen LogP contribution in [-0.4, -0.2) is 18.1 Å². The van der Waals surface area contributed by atoms with Crippen molar-refractivity contribution in [3.05, 3.63) is 29.8 Å². The Morgan fingerprint density at radius 3 is 2.75 bits per heavy atom. The van der Waals surface area contributed by atoms with Crippen LogP contribution >= 0.6 is 0 Å². The average molecular weight is 169 g/mol. The van der Waals surface area contributed by atoms with E-state index in [9.17, 15) is 4.79 Å². The quantitative estimate of drug-likeness (QED) is 0.742. The first kappa shape index (κ1) is 5.19. The molecule has 1 rings (SSSR count). The van der Waals surface area contributed by atoms with E-state index >= 15 is 0 Å². The van der Waals surface area contributed by atoms with Crippen molar-refractivity contribution in [1.82, 2.24) is 0 Å². The Morgan fingerprint density at radius 1 is 1.58 bits per heavy atom. The van der Waals surface area contributed by atoms with Gasteiger partial charge in [-0.25, -0.2) is 0 Å². The number of rotatable bonds is 3. The lowest BCUT2D eigenvalue weighted by Gasteiger charge is -1.99. The molecule has 3 nitrogen and oxygen atoms in total. The molecule has 0 saturated carbocycles. The van der Waals surface area contributed by atoms with E-state index in [4.69, 9.17) is 9.22 Å². The zero-order valence-corrected chi connectivity index (χ0v) is 6.28. The Labute approximate surface area is 74.8 Å². The summed E-state index contributed by atoms with van der Waals surface area (Å²) < 4.78 is 25.2. The van der Waals surface area contributed by atoms with E-state index in [0.717, 1.165) is 0 Å². The molecular weight excluding hydrogens is 156 g/mol. The van der Waals surface area contributed by atoms with Crippen LogP contribution in [-0.2, 0) is 11.2 Å². The van der Waals surface area contributed by atoms with E-state index in [1.807, 2.05) is 0 Å². The molecular formula is C9H10O3. The van der Waals surface area contributed by atoms with Gasteiger partial charge in [-0.2, -0.15) is 0 Å². The minimum atomic E-state index is -2.48. The molecule has 0 spiro atoms. The highest BCUT2D eigenvalue weighted by Crippen LogP contribution is 2.11. The zero-order chi connectivity index (χ0) is 11.5. The van der Waals surface area contributed by atoms with Crippen molar-refractivity contribution in [2.24, 2.45) is 0 Å². The molecule has 0 fully saturated rings. The lowest BCUT2D eigenvalue weighted by molar-refractivity contribution is -0.136. The highest BCUT2D eigenvalue weighted by atomic mass is 16.5. The minimum Gasteiger partial charge on any atom is -0.497 e. The third-order valence-electron chi connectivity index (χ3n) is 1.40. The number of carbonyl (C=O) groups is 1. The number of aliphatic carboxylic acids is 1. The van der Waals surface area contributed by atoms with Crippen LogP contribution in [0.25, 0.3) is 0 Å². The fraction of sp³-hybridized carbons (Fsp3) is 0.222. The van der Waals surface area contributed by atoms with Crippen LogP contribution in [0.15, 0.2) is 24.3 Å². The smallest absolute Gasteiger partial charge is 0.307 e. The molecule has 0 bridgehead atoms. The standard InChI is InChI=1S/C9H10O3/c1-12-8-4-2-7(3-5-8)6-9(10)11/h2-5H,6H2,1H3,(H,10,11)/i1D3. The van der Waals surface area contributed by atoms with Gasteiger partial charge in [0.05, 0.1) is 17.6 Å². The normalized spacial score (nSPS) is 14.2. The van der Waals surface area contributed by atoms with Crippen LogP contribution in [0.1, 0.15) is 9.68 Å². The molecule has 0 radical (unpaired) electrons. The molecule has 0 aliphatic heterocycles. The summed E-state index contributed by atoms with van der Waals surface area (Å²) in [5, 5.41) is 8.50. The summed E-state index contributed by atoms with van der Waals surface area (Å²) in [6.07, 6.45) is -0.0892. The summed E-state index contributed by atoms with van der Waals surface area (Å²) in [5.74, 6) is -0.733. The Morgan fingerprint density at radius 2 is 2.25 bits per heavy atom. The molecule has 0 aliphatic rings. The molecule has 0 saturated heterocycles. The Hall–Kier alpha value is -1.51. The molecule has 3 heteroatoms. The van der Waals surface area contributed by atoms with Gasteiger partial charge in [-0.1, -0.05) is 12.1 Å². The van der Waals surface area contributed by atoms with Crippen molar-refractivity contribution in [3.8, 4) is 5.75 Å². The monoisotopic (exact) mass is 169 g/mol. The first-order chi connectivity index (χ1) is 6.87. The van der Waals surface area contributed by atoms with Crippen molar-refractivity contribution in [2.45, 2.75) is 6.42 Å². The molecule has 1 aromatic rings. The van der Waals surface area contributed by atoms with Gasteiger partial charge in [0, 0.05) is 0 Å². The second-order valence-corrected chi connectivity index (χ2v) is 2.32. The van der Waals surface area contributed by atoms with Gasteiger partial charge in [0.15, 0.2) is 0 Å². The molecule has 1 N–H and O–H groups in total. The summed E-state index contributed by atoms with van der Waals surface area (Å²) in [7, 11) is -2.48. The Balaban J connectivity index is 2.68. The summed E-state index contributed by atoms with van der Waals surface area (Å²) in [6, 6.07) is 5.92.